The van der Waals surface area contributed by atoms with E-state index in [-0.39, 0.29) is 17.5 Å². The van der Waals surface area contributed by atoms with Crippen LogP contribution in [0.3, 0.4) is 0 Å². The Hall–Kier alpha value is -2.57. The van der Waals surface area contributed by atoms with E-state index in [1.54, 1.807) is 17.0 Å². The van der Waals surface area contributed by atoms with Gasteiger partial charge in [0, 0.05) is 17.8 Å². The summed E-state index contributed by atoms with van der Waals surface area (Å²) in [7, 11) is 0. The molecule has 1 atom stereocenters. The lowest BCUT2D eigenvalue weighted by Crippen LogP contribution is -2.43. The van der Waals surface area contributed by atoms with Crippen molar-refractivity contribution in [3.05, 3.63) is 53.4 Å². The van der Waals surface area contributed by atoms with Crippen molar-refractivity contribution in [1.29, 1.82) is 0 Å². The number of nitrogens with zero attached hydrogens (tertiary/aromatic N) is 3. The highest BCUT2D eigenvalue weighted by Crippen LogP contribution is 2.35. The van der Waals surface area contributed by atoms with Gasteiger partial charge in [0.1, 0.15) is 5.69 Å². The molecular formula is C17H16F3N3O. The summed E-state index contributed by atoms with van der Waals surface area (Å²) in [5, 5.41) is 4.20. The van der Waals surface area contributed by atoms with Gasteiger partial charge in [-0.25, -0.2) is 0 Å². The van der Waals surface area contributed by atoms with E-state index in [1.807, 2.05) is 6.92 Å². The summed E-state index contributed by atoms with van der Waals surface area (Å²) < 4.78 is 40.4. The first-order valence-corrected chi connectivity index (χ1v) is 7.43. The Bertz CT molecular complexity index is 823. The second kappa shape index (κ2) is 5.51. The van der Waals surface area contributed by atoms with Gasteiger partial charge >= 0.3 is 6.18 Å². The van der Waals surface area contributed by atoms with Crippen molar-refractivity contribution in [2.24, 2.45) is 0 Å². The fourth-order valence-corrected chi connectivity index (χ4v) is 2.99. The number of anilines is 1. The van der Waals surface area contributed by atoms with E-state index in [2.05, 4.69) is 11.7 Å². The van der Waals surface area contributed by atoms with E-state index in [0.29, 0.717) is 23.5 Å². The minimum atomic E-state index is -4.41. The number of rotatable bonds is 2. The molecule has 0 N–H and O–H groups in total. The molecule has 126 valence electrons. The van der Waals surface area contributed by atoms with Crippen LogP contribution in [-0.4, -0.2) is 22.2 Å². The molecule has 24 heavy (non-hydrogen) atoms. The number of fused-ring (bicyclic) bond motifs is 1. The number of aryl methyl sites for hydroxylation is 1. The van der Waals surface area contributed by atoms with Crippen LogP contribution in [0.4, 0.5) is 18.9 Å². The molecule has 0 saturated carbocycles. The number of hydrogen-bond acceptors (Lipinski definition) is 2. The number of aromatic nitrogens is 2. The number of benzene rings is 1. The van der Waals surface area contributed by atoms with E-state index in [0.717, 1.165) is 6.07 Å². The van der Waals surface area contributed by atoms with Crippen molar-refractivity contribution in [2.45, 2.75) is 26.1 Å². The fraction of sp³-hybridized carbons (Fsp3) is 0.294. The van der Waals surface area contributed by atoms with Gasteiger partial charge in [-0.15, -0.1) is 0 Å². The van der Waals surface area contributed by atoms with E-state index in [1.165, 1.54) is 24.0 Å². The number of hydrogen-bond donors (Lipinski definition) is 0. The summed E-state index contributed by atoms with van der Waals surface area (Å²) in [5.41, 5.74) is 0.852. The van der Waals surface area contributed by atoms with Crippen molar-refractivity contribution >= 4 is 17.7 Å². The largest absolute Gasteiger partial charge is 0.416 e. The van der Waals surface area contributed by atoms with E-state index >= 15 is 0 Å². The lowest BCUT2D eigenvalue weighted by molar-refractivity contribution is -0.138. The van der Waals surface area contributed by atoms with Gasteiger partial charge in [0.15, 0.2) is 0 Å². The minimum Gasteiger partial charge on any atom is -0.305 e. The highest BCUT2D eigenvalue weighted by Gasteiger charge is 2.35. The summed E-state index contributed by atoms with van der Waals surface area (Å²) in [4.78, 5) is 14.3. The number of carbonyl (C=O) groups excluding carboxylic acids is 1. The number of carbonyl (C=O) groups is 1. The lowest BCUT2D eigenvalue weighted by atomic mass is 10.0. The quantitative estimate of drug-likeness (QED) is 0.829. The van der Waals surface area contributed by atoms with Crippen LogP contribution in [0, 0.1) is 6.92 Å². The van der Waals surface area contributed by atoms with E-state index in [4.69, 9.17) is 0 Å². The Morgan fingerprint density at radius 1 is 1.38 bits per heavy atom. The van der Waals surface area contributed by atoms with Crippen LogP contribution in [0.1, 0.15) is 40.1 Å². The number of amides is 1. The summed E-state index contributed by atoms with van der Waals surface area (Å²) in [5.74, 6) is -0.292. The highest BCUT2D eigenvalue weighted by molar-refractivity contribution is 6.07. The van der Waals surface area contributed by atoms with Gasteiger partial charge in [-0.2, -0.15) is 18.3 Å². The fourth-order valence-electron chi connectivity index (χ4n) is 2.99. The average Bonchev–Trinajstić information content (AvgIpc) is 2.94. The summed E-state index contributed by atoms with van der Waals surface area (Å²) in [6.45, 7) is 7.31. The monoisotopic (exact) mass is 335 g/mol. The molecule has 4 nitrogen and oxygen atoms in total. The van der Waals surface area contributed by atoms with Crippen molar-refractivity contribution in [2.75, 3.05) is 11.4 Å². The van der Waals surface area contributed by atoms with Crippen molar-refractivity contribution < 1.29 is 18.0 Å². The highest BCUT2D eigenvalue weighted by atomic mass is 19.4. The molecule has 7 heteroatoms. The maximum absolute atomic E-state index is 12.9. The Morgan fingerprint density at radius 2 is 2.08 bits per heavy atom. The molecule has 2 heterocycles. The van der Waals surface area contributed by atoms with Gasteiger partial charge in [0.25, 0.3) is 5.91 Å². The predicted octanol–water partition coefficient (Wildman–Crippen LogP) is 4.07. The normalized spacial score (nSPS) is 17.8. The SMILES string of the molecule is C=Cc1cnn2c1C(=O)N(c1ccc(C(F)(F)F)c(C)c1)C[C@@H]2C. The van der Waals surface area contributed by atoms with Crippen LogP contribution in [-0.2, 0) is 6.18 Å². The number of alkyl halides is 3. The van der Waals surface area contributed by atoms with Crippen LogP contribution in [0.2, 0.25) is 0 Å². The molecule has 1 aliphatic heterocycles. The third-order valence-electron chi connectivity index (χ3n) is 4.18. The van der Waals surface area contributed by atoms with Crippen LogP contribution < -0.4 is 4.90 Å². The first-order valence-electron chi connectivity index (χ1n) is 7.43. The molecule has 0 fully saturated rings. The van der Waals surface area contributed by atoms with Crippen molar-refractivity contribution in [3.8, 4) is 0 Å². The molecule has 1 aromatic carbocycles. The topological polar surface area (TPSA) is 38.1 Å². The predicted molar refractivity (Wildman–Crippen MR) is 84.9 cm³/mol. The van der Waals surface area contributed by atoms with Crippen LogP contribution >= 0.6 is 0 Å². The molecule has 2 aromatic rings. The Morgan fingerprint density at radius 3 is 2.67 bits per heavy atom. The van der Waals surface area contributed by atoms with Gasteiger partial charge in [-0.05, 0) is 37.6 Å². The third-order valence-corrected chi connectivity index (χ3v) is 4.18. The van der Waals surface area contributed by atoms with Gasteiger partial charge in [-0.3, -0.25) is 9.48 Å². The Kier molecular flexibility index (Phi) is 3.74. The maximum atomic E-state index is 12.9. The zero-order chi connectivity index (χ0) is 17.6. The molecule has 0 bridgehead atoms. The molecular weight excluding hydrogens is 319 g/mol. The molecule has 0 saturated heterocycles. The lowest BCUT2D eigenvalue weighted by Gasteiger charge is -2.32. The molecule has 0 unspecified atom stereocenters. The molecule has 3 rings (SSSR count). The Labute approximate surface area is 137 Å². The molecule has 1 amide bonds. The van der Waals surface area contributed by atoms with Crippen molar-refractivity contribution in [3.63, 3.8) is 0 Å². The summed E-state index contributed by atoms with van der Waals surface area (Å²) in [6.07, 6.45) is -1.29. The van der Waals surface area contributed by atoms with Crippen molar-refractivity contribution in [1.82, 2.24) is 9.78 Å². The average molecular weight is 335 g/mol. The zero-order valence-corrected chi connectivity index (χ0v) is 13.3. The standard InChI is InChI=1S/C17H16F3N3O/c1-4-12-8-21-23-11(3)9-22(16(24)15(12)23)13-5-6-14(10(2)7-13)17(18,19)20/h4-8,11H,1,9H2,2-3H3/t11-/m0/s1. The molecule has 0 radical (unpaired) electrons. The first-order chi connectivity index (χ1) is 11.2. The van der Waals surface area contributed by atoms with Crippen LogP contribution in [0.15, 0.2) is 31.0 Å². The van der Waals surface area contributed by atoms with Crippen LogP contribution in [0.5, 0.6) is 0 Å². The summed E-state index contributed by atoms with van der Waals surface area (Å²) in [6, 6.07) is 3.66. The molecule has 0 spiro atoms. The van der Waals surface area contributed by atoms with Crippen LogP contribution in [0.25, 0.3) is 6.08 Å². The second-order valence-electron chi connectivity index (χ2n) is 5.86. The molecule has 0 aliphatic carbocycles. The van der Waals surface area contributed by atoms with Gasteiger partial charge in [0.2, 0.25) is 0 Å². The van der Waals surface area contributed by atoms with Gasteiger partial charge < -0.3 is 4.90 Å². The number of halogens is 3. The summed E-state index contributed by atoms with van der Waals surface area (Å²) >= 11 is 0. The van der Waals surface area contributed by atoms with Gasteiger partial charge in [0.05, 0.1) is 17.8 Å². The maximum Gasteiger partial charge on any atom is 0.416 e. The smallest absolute Gasteiger partial charge is 0.305 e. The second-order valence-corrected chi connectivity index (χ2v) is 5.86. The van der Waals surface area contributed by atoms with E-state index in [9.17, 15) is 18.0 Å². The zero-order valence-electron chi connectivity index (χ0n) is 13.3. The minimum absolute atomic E-state index is 0.0866. The van der Waals surface area contributed by atoms with Gasteiger partial charge in [-0.1, -0.05) is 12.7 Å². The molecule has 1 aliphatic rings. The third kappa shape index (κ3) is 2.50. The van der Waals surface area contributed by atoms with E-state index < -0.39 is 11.7 Å². The Balaban J connectivity index is 2.04. The molecule has 1 aromatic heterocycles. The first kappa shape index (κ1) is 16.3.